The average molecular weight is 597 g/mol. The first kappa shape index (κ1) is 31.9. The summed E-state index contributed by atoms with van der Waals surface area (Å²) in [5.74, 6) is -1.94. The van der Waals surface area contributed by atoms with Crippen LogP contribution >= 0.6 is 0 Å². The second-order valence-electron chi connectivity index (χ2n) is 11.6. The fraction of sp³-hybridized carbons (Fsp3) is 0.500. The van der Waals surface area contributed by atoms with Crippen molar-refractivity contribution in [2.45, 2.75) is 63.5 Å². The van der Waals surface area contributed by atoms with Crippen molar-refractivity contribution in [3.63, 3.8) is 0 Å². The summed E-state index contributed by atoms with van der Waals surface area (Å²) in [7, 11) is 0. The van der Waals surface area contributed by atoms with Crippen LogP contribution in [0.3, 0.4) is 0 Å². The second kappa shape index (κ2) is 15.0. The molecule has 0 saturated carbocycles. The number of nitrogens with one attached hydrogen (secondary N) is 4. The van der Waals surface area contributed by atoms with Gasteiger partial charge in [-0.25, -0.2) is 4.39 Å². The Morgan fingerprint density at radius 1 is 1.05 bits per heavy atom. The molecule has 1 saturated heterocycles. The maximum absolute atomic E-state index is 14.2. The lowest BCUT2D eigenvalue weighted by Gasteiger charge is -2.38. The van der Waals surface area contributed by atoms with Gasteiger partial charge in [-0.2, -0.15) is 0 Å². The Morgan fingerprint density at radius 2 is 1.81 bits per heavy atom. The largest absolute Gasteiger partial charge is 0.493 e. The third-order valence-electron chi connectivity index (χ3n) is 7.87. The number of ether oxygens (including phenoxy) is 2. The molecule has 2 aromatic rings. The Balaban J connectivity index is 1.59. The van der Waals surface area contributed by atoms with Crippen LogP contribution in [0.15, 0.2) is 48.5 Å². The molecule has 4 rings (SSSR count). The highest BCUT2D eigenvalue weighted by atomic mass is 19.1. The predicted octanol–water partition coefficient (Wildman–Crippen LogP) is 2.61. The van der Waals surface area contributed by atoms with Gasteiger partial charge in [-0.1, -0.05) is 38.1 Å². The van der Waals surface area contributed by atoms with E-state index in [9.17, 15) is 23.6 Å². The van der Waals surface area contributed by atoms with Crippen LogP contribution in [0.4, 0.5) is 4.39 Å². The normalized spacial score (nSPS) is 21.6. The lowest BCUT2D eigenvalue weighted by molar-refractivity contribution is -0.131. The summed E-state index contributed by atoms with van der Waals surface area (Å²) >= 11 is 0. The molecule has 0 unspecified atom stereocenters. The Kier molecular flexibility index (Phi) is 11.1. The van der Waals surface area contributed by atoms with Gasteiger partial charge in [0.1, 0.15) is 23.7 Å². The highest BCUT2D eigenvalue weighted by Gasteiger charge is 2.36. The molecule has 4 N–H and O–H groups in total. The van der Waals surface area contributed by atoms with E-state index >= 15 is 0 Å². The average Bonchev–Trinajstić information content (AvgIpc) is 2.99. The predicted molar refractivity (Wildman–Crippen MR) is 158 cm³/mol. The number of benzene rings is 2. The molecular weight excluding hydrogens is 555 g/mol. The van der Waals surface area contributed by atoms with Crippen LogP contribution in [0.5, 0.6) is 5.75 Å². The van der Waals surface area contributed by atoms with Gasteiger partial charge in [0, 0.05) is 31.7 Å². The van der Waals surface area contributed by atoms with Gasteiger partial charge in [0.2, 0.25) is 17.7 Å². The van der Waals surface area contributed by atoms with E-state index in [0.29, 0.717) is 51.2 Å². The molecule has 2 aliphatic rings. The summed E-state index contributed by atoms with van der Waals surface area (Å²) in [6.45, 7) is 5.53. The van der Waals surface area contributed by atoms with Gasteiger partial charge in [0.05, 0.1) is 18.6 Å². The molecule has 0 spiro atoms. The Labute approximate surface area is 251 Å². The van der Waals surface area contributed by atoms with Crippen LogP contribution in [0.2, 0.25) is 0 Å². The molecule has 2 aliphatic heterocycles. The van der Waals surface area contributed by atoms with Crippen LogP contribution in [0.25, 0.3) is 0 Å². The van der Waals surface area contributed by atoms with Crippen molar-refractivity contribution in [3.05, 3.63) is 65.5 Å². The van der Waals surface area contributed by atoms with Crippen molar-refractivity contribution >= 4 is 23.6 Å². The Hall–Kier alpha value is -3.99. The lowest BCUT2D eigenvalue weighted by atomic mass is 9.74. The number of rotatable bonds is 6. The molecule has 232 valence electrons. The molecule has 11 heteroatoms. The number of para-hydroxylation sites is 1. The molecule has 0 bridgehead atoms. The zero-order valence-corrected chi connectivity index (χ0v) is 24.7. The van der Waals surface area contributed by atoms with Crippen molar-refractivity contribution in [2.24, 2.45) is 5.92 Å². The lowest BCUT2D eigenvalue weighted by Crippen LogP contribution is -2.54. The molecule has 10 nitrogen and oxygen atoms in total. The number of halogens is 1. The van der Waals surface area contributed by atoms with Crippen molar-refractivity contribution < 1.29 is 33.0 Å². The van der Waals surface area contributed by atoms with Crippen LogP contribution in [-0.4, -0.2) is 68.6 Å². The van der Waals surface area contributed by atoms with Gasteiger partial charge in [-0.05, 0) is 61.4 Å². The summed E-state index contributed by atoms with van der Waals surface area (Å²) in [5, 5.41) is 11.2. The highest BCUT2D eigenvalue weighted by Crippen LogP contribution is 2.34. The first-order valence-electron chi connectivity index (χ1n) is 14.9. The maximum atomic E-state index is 14.2. The highest BCUT2D eigenvalue weighted by molar-refractivity contribution is 6.01. The van der Waals surface area contributed by atoms with E-state index in [1.54, 1.807) is 30.3 Å². The first-order chi connectivity index (χ1) is 20.7. The minimum Gasteiger partial charge on any atom is -0.493 e. The Bertz CT molecular complexity index is 1300. The molecule has 0 radical (unpaired) electrons. The Morgan fingerprint density at radius 3 is 2.56 bits per heavy atom. The van der Waals surface area contributed by atoms with Crippen molar-refractivity contribution in [2.75, 3.05) is 32.9 Å². The number of hydrogen-bond acceptors (Lipinski definition) is 6. The minimum atomic E-state index is -1.25. The molecule has 2 heterocycles. The quantitative estimate of drug-likeness (QED) is 0.405. The summed E-state index contributed by atoms with van der Waals surface area (Å²) in [6, 6.07) is 10.9. The number of fused-ring (bicyclic) bond motifs is 1. The van der Waals surface area contributed by atoms with E-state index in [2.05, 4.69) is 21.3 Å². The zero-order chi connectivity index (χ0) is 30.8. The topological polar surface area (TPSA) is 135 Å². The summed E-state index contributed by atoms with van der Waals surface area (Å²) in [5.41, 5.74) is 0.384. The van der Waals surface area contributed by atoms with Gasteiger partial charge in [-0.3, -0.25) is 19.2 Å². The zero-order valence-electron chi connectivity index (χ0n) is 24.7. The number of amides is 4. The maximum Gasteiger partial charge on any atom is 0.255 e. The van der Waals surface area contributed by atoms with Crippen LogP contribution < -0.4 is 26.0 Å². The van der Waals surface area contributed by atoms with Gasteiger partial charge < -0.3 is 30.7 Å². The van der Waals surface area contributed by atoms with Crippen LogP contribution in [0.1, 0.15) is 61.9 Å². The van der Waals surface area contributed by atoms with Gasteiger partial charge in [0.25, 0.3) is 5.91 Å². The SMILES string of the molecule is CC(C)C[C@@H]1NC(=O)C[C@@H](C(=O)NCC2(c3cccc(F)c3)CCOCC2)NC(=O)c2ccccc2OCCCNC1=O. The summed E-state index contributed by atoms with van der Waals surface area (Å²) < 4.78 is 25.6. The van der Waals surface area contributed by atoms with Gasteiger partial charge in [0.15, 0.2) is 0 Å². The second-order valence-corrected chi connectivity index (χ2v) is 11.6. The summed E-state index contributed by atoms with van der Waals surface area (Å²) in [6.07, 6.45) is 1.63. The minimum absolute atomic E-state index is 0.119. The molecule has 2 atom stereocenters. The van der Waals surface area contributed by atoms with E-state index in [0.717, 1.165) is 5.56 Å². The van der Waals surface area contributed by atoms with Crippen LogP contribution in [0, 0.1) is 11.7 Å². The third kappa shape index (κ3) is 8.76. The van der Waals surface area contributed by atoms with Gasteiger partial charge >= 0.3 is 0 Å². The molecule has 4 amide bonds. The van der Waals surface area contributed by atoms with E-state index in [-0.39, 0.29) is 36.4 Å². The molecule has 0 aliphatic carbocycles. The van der Waals surface area contributed by atoms with E-state index < -0.39 is 41.6 Å². The van der Waals surface area contributed by atoms with Crippen LogP contribution in [-0.2, 0) is 24.5 Å². The van der Waals surface area contributed by atoms with Crippen molar-refractivity contribution in [1.29, 1.82) is 0 Å². The van der Waals surface area contributed by atoms with E-state index in [1.807, 2.05) is 19.9 Å². The number of carbonyl (C=O) groups is 4. The van der Waals surface area contributed by atoms with E-state index in [4.69, 9.17) is 9.47 Å². The number of carbonyl (C=O) groups excluding carboxylic acids is 4. The smallest absolute Gasteiger partial charge is 0.255 e. The molecule has 2 aromatic carbocycles. The summed E-state index contributed by atoms with van der Waals surface area (Å²) in [4.78, 5) is 53.3. The molecular formula is C32H41FN4O6. The fourth-order valence-electron chi connectivity index (χ4n) is 5.48. The molecule has 1 fully saturated rings. The molecule has 43 heavy (non-hydrogen) atoms. The number of hydrogen-bond donors (Lipinski definition) is 4. The van der Waals surface area contributed by atoms with E-state index in [1.165, 1.54) is 12.1 Å². The van der Waals surface area contributed by atoms with Crippen molar-refractivity contribution in [1.82, 2.24) is 21.3 Å². The first-order valence-corrected chi connectivity index (χ1v) is 14.9. The third-order valence-corrected chi connectivity index (χ3v) is 7.87. The molecule has 0 aromatic heterocycles. The van der Waals surface area contributed by atoms with Crippen molar-refractivity contribution in [3.8, 4) is 5.75 Å². The standard InChI is InChI=1S/C32H41FN4O6/c1-21(2)17-25-30(40)34-13-6-14-43-27-10-4-3-9-24(27)29(39)37-26(19-28(38)36-25)31(41)35-20-32(11-15-42-16-12-32)22-7-5-8-23(33)18-22/h3-5,7-10,18,21,25-26H,6,11-17,19-20H2,1-2H3,(H,34,40)(H,35,41)(H,36,38)(H,37,39)/t25-,26-/m0/s1. The van der Waals surface area contributed by atoms with Gasteiger partial charge in [-0.15, -0.1) is 0 Å². The monoisotopic (exact) mass is 596 g/mol. The fourth-order valence-corrected chi connectivity index (χ4v) is 5.48.